The van der Waals surface area contributed by atoms with Gasteiger partial charge < -0.3 is 16.2 Å². The molecule has 0 aromatic carbocycles. The molecule has 13 heavy (non-hydrogen) atoms. The molecule has 1 fully saturated rings. The highest BCUT2D eigenvalue weighted by Crippen LogP contribution is 2.23. The molecule has 4 N–H and O–H groups in total. The number of nitrogens with two attached hydrogens (primary N) is 2. The van der Waals surface area contributed by atoms with E-state index in [2.05, 4.69) is 0 Å². The van der Waals surface area contributed by atoms with Crippen LogP contribution in [0.15, 0.2) is 0 Å². The van der Waals surface area contributed by atoms with Crippen molar-refractivity contribution in [1.29, 1.82) is 0 Å². The predicted molar refractivity (Wildman–Crippen MR) is 54.4 cm³/mol. The van der Waals surface area contributed by atoms with Crippen LogP contribution in [-0.4, -0.2) is 25.8 Å². The van der Waals surface area contributed by atoms with E-state index in [1.165, 1.54) is 25.7 Å². The Bertz CT molecular complexity index is 122. The highest BCUT2D eigenvalue weighted by Gasteiger charge is 2.18. The fraction of sp³-hybridized carbons (Fsp3) is 1.00. The summed E-state index contributed by atoms with van der Waals surface area (Å²) in [5.74, 6) is 0.748. The van der Waals surface area contributed by atoms with Crippen molar-refractivity contribution < 1.29 is 4.74 Å². The third-order valence-electron chi connectivity index (χ3n) is 2.74. The van der Waals surface area contributed by atoms with Gasteiger partial charge in [-0.05, 0) is 44.6 Å². The van der Waals surface area contributed by atoms with Crippen molar-refractivity contribution in [3.8, 4) is 0 Å². The van der Waals surface area contributed by atoms with Crippen LogP contribution in [0.5, 0.6) is 0 Å². The monoisotopic (exact) mass is 186 g/mol. The van der Waals surface area contributed by atoms with Crippen LogP contribution < -0.4 is 11.5 Å². The summed E-state index contributed by atoms with van der Waals surface area (Å²) in [7, 11) is 0. The molecule has 0 spiro atoms. The molecule has 0 saturated heterocycles. The summed E-state index contributed by atoms with van der Waals surface area (Å²) in [6.45, 7) is 2.46. The predicted octanol–water partition coefficient (Wildman–Crippen LogP) is 0.869. The van der Waals surface area contributed by atoms with Crippen molar-refractivity contribution in [1.82, 2.24) is 0 Å². The van der Waals surface area contributed by atoms with E-state index in [4.69, 9.17) is 16.2 Å². The summed E-state index contributed by atoms with van der Waals surface area (Å²) in [6.07, 6.45) is 5.80. The molecular formula is C10H22N2O. The van der Waals surface area contributed by atoms with Gasteiger partial charge in [0, 0.05) is 19.3 Å². The standard InChI is InChI=1S/C10H22N2O/c11-6-1-7-13-8-9-2-4-10(12)5-3-9/h9-10H,1-8,11-12H2/t9-,10-. The fourth-order valence-corrected chi connectivity index (χ4v) is 1.79. The van der Waals surface area contributed by atoms with Crippen LogP contribution in [0, 0.1) is 5.92 Å². The summed E-state index contributed by atoms with van der Waals surface area (Å²) in [5.41, 5.74) is 11.2. The lowest BCUT2D eigenvalue weighted by molar-refractivity contribution is 0.0824. The minimum absolute atomic E-state index is 0.445. The molecule has 1 aliphatic rings. The first kappa shape index (κ1) is 11.0. The second kappa shape index (κ2) is 6.35. The highest BCUT2D eigenvalue weighted by molar-refractivity contribution is 4.73. The van der Waals surface area contributed by atoms with Gasteiger partial charge in [0.15, 0.2) is 0 Å². The summed E-state index contributed by atoms with van der Waals surface area (Å²) in [6, 6.07) is 0.445. The largest absolute Gasteiger partial charge is 0.381 e. The average molecular weight is 186 g/mol. The molecular weight excluding hydrogens is 164 g/mol. The molecule has 0 radical (unpaired) electrons. The van der Waals surface area contributed by atoms with Gasteiger partial charge in [-0.25, -0.2) is 0 Å². The molecule has 3 nitrogen and oxygen atoms in total. The molecule has 0 aromatic rings. The molecule has 3 heteroatoms. The lowest BCUT2D eigenvalue weighted by Gasteiger charge is -2.25. The van der Waals surface area contributed by atoms with E-state index < -0.39 is 0 Å². The van der Waals surface area contributed by atoms with Gasteiger partial charge in [-0.2, -0.15) is 0 Å². The summed E-state index contributed by atoms with van der Waals surface area (Å²) < 4.78 is 5.53. The molecule has 0 bridgehead atoms. The zero-order chi connectivity index (χ0) is 9.52. The van der Waals surface area contributed by atoms with Crippen LogP contribution in [-0.2, 0) is 4.74 Å². The van der Waals surface area contributed by atoms with Crippen LogP contribution in [0.1, 0.15) is 32.1 Å². The van der Waals surface area contributed by atoms with Crippen molar-refractivity contribution in [2.24, 2.45) is 17.4 Å². The van der Waals surface area contributed by atoms with E-state index in [9.17, 15) is 0 Å². The first-order valence-corrected chi connectivity index (χ1v) is 5.36. The molecule has 0 unspecified atom stereocenters. The van der Waals surface area contributed by atoms with Crippen molar-refractivity contribution in [2.45, 2.75) is 38.1 Å². The third-order valence-corrected chi connectivity index (χ3v) is 2.74. The Hall–Kier alpha value is -0.120. The number of rotatable bonds is 5. The summed E-state index contributed by atoms with van der Waals surface area (Å²) >= 11 is 0. The minimum Gasteiger partial charge on any atom is -0.381 e. The van der Waals surface area contributed by atoms with Gasteiger partial charge in [0.25, 0.3) is 0 Å². The van der Waals surface area contributed by atoms with E-state index >= 15 is 0 Å². The molecule has 0 amide bonds. The quantitative estimate of drug-likeness (QED) is 0.626. The zero-order valence-electron chi connectivity index (χ0n) is 8.37. The smallest absolute Gasteiger partial charge is 0.0494 e. The van der Waals surface area contributed by atoms with Crippen LogP contribution in [0.4, 0.5) is 0 Å². The first-order chi connectivity index (χ1) is 6.33. The molecule has 0 heterocycles. The van der Waals surface area contributed by atoms with Gasteiger partial charge in [-0.3, -0.25) is 0 Å². The van der Waals surface area contributed by atoms with Crippen molar-refractivity contribution in [3.63, 3.8) is 0 Å². The topological polar surface area (TPSA) is 61.3 Å². The Morgan fingerprint density at radius 2 is 1.85 bits per heavy atom. The fourth-order valence-electron chi connectivity index (χ4n) is 1.79. The Morgan fingerprint density at radius 1 is 1.15 bits per heavy atom. The van der Waals surface area contributed by atoms with Gasteiger partial charge in [-0.1, -0.05) is 0 Å². The number of hydrogen-bond acceptors (Lipinski definition) is 3. The zero-order valence-corrected chi connectivity index (χ0v) is 8.37. The lowest BCUT2D eigenvalue weighted by atomic mass is 9.87. The van der Waals surface area contributed by atoms with E-state index in [1.54, 1.807) is 0 Å². The maximum absolute atomic E-state index is 5.82. The highest BCUT2D eigenvalue weighted by atomic mass is 16.5. The van der Waals surface area contributed by atoms with E-state index in [1.807, 2.05) is 0 Å². The second-order valence-electron chi connectivity index (χ2n) is 4.00. The normalized spacial score (nSPS) is 29.1. The number of hydrogen-bond donors (Lipinski definition) is 2. The Labute approximate surface area is 80.8 Å². The summed E-state index contributed by atoms with van der Waals surface area (Å²) in [4.78, 5) is 0. The molecule has 1 rings (SSSR count). The Balaban J connectivity index is 1.96. The molecule has 1 aliphatic carbocycles. The lowest BCUT2D eigenvalue weighted by Crippen LogP contribution is -2.28. The maximum Gasteiger partial charge on any atom is 0.0494 e. The molecule has 1 saturated carbocycles. The van der Waals surface area contributed by atoms with Crippen molar-refractivity contribution in [2.75, 3.05) is 19.8 Å². The van der Waals surface area contributed by atoms with E-state index in [0.29, 0.717) is 6.04 Å². The van der Waals surface area contributed by atoms with Gasteiger partial charge in [0.05, 0.1) is 0 Å². The maximum atomic E-state index is 5.82. The molecule has 0 aliphatic heterocycles. The van der Waals surface area contributed by atoms with E-state index in [0.717, 1.165) is 32.1 Å². The molecule has 78 valence electrons. The van der Waals surface area contributed by atoms with Crippen LogP contribution in [0.2, 0.25) is 0 Å². The van der Waals surface area contributed by atoms with Gasteiger partial charge in [0.1, 0.15) is 0 Å². The van der Waals surface area contributed by atoms with Crippen molar-refractivity contribution in [3.05, 3.63) is 0 Å². The number of ether oxygens (including phenoxy) is 1. The van der Waals surface area contributed by atoms with Gasteiger partial charge >= 0.3 is 0 Å². The third kappa shape index (κ3) is 4.60. The minimum atomic E-state index is 0.445. The van der Waals surface area contributed by atoms with Gasteiger partial charge in [-0.15, -0.1) is 0 Å². The Kier molecular flexibility index (Phi) is 5.35. The van der Waals surface area contributed by atoms with Crippen LogP contribution in [0.25, 0.3) is 0 Å². The first-order valence-electron chi connectivity index (χ1n) is 5.36. The van der Waals surface area contributed by atoms with Crippen molar-refractivity contribution >= 4 is 0 Å². The molecule has 0 aromatic heterocycles. The van der Waals surface area contributed by atoms with Gasteiger partial charge in [0.2, 0.25) is 0 Å². The van der Waals surface area contributed by atoms with Crippen LogP contribution in [0.3, 0.4) is 0 Å². The second-order valence-corrected chi connectivity index (χ2v) is 4.00. The molecule has 0 atom stereocenters. The Morgan fingerprint density at radius 3 is 2.46 bits per heavy atom. The summed E-state index contributed by atoms with van der Waals surface area (Å²) in [5, 5.41) is 0. The van der Waals surface area contributed by atoms with E-state index in [-0.39, 0.29) is 0 Å². The van der Waals surface area contributed by atoms with Crippen LogP contribution >= 0.6 is 0 Å². The SMILES string of the molecule is NCCCOC[C@H]1CC[C@H](N)CC1. The average Bonchev–Trinajstić information content (AvgIpc) is 2.15.